The van der Waals surface area contributed by atoms with E-state index in [2.05, 4.69) is 55.2 Å². The quantitative estimate of drug-likeness (QED) is 0.327. The third-order valence-corrected chi connectivity index (χ3v) is 8.38. The third kappa shape index (κ3) is 6.01. The van der Waals surface area contributed by atoms with Crippen molar-refractivity contribution in [1.82, 2.24) is 9.80 Å². The minimum absolute atomic E-state index is 0.0885. The van der Waals surface area contributed by atoms with E-state index in [1.807, 2.05) is 30.6 Å². The first-order valence-electron chi connectivity index (χ1n) is 14.0. The van der Waals surface area contributed by atoms with Gasteiger partial charge in [-0.1, -0.05) is 62.2 Å². The summed E-state index contributed by atoms with van der Waals surface area (Å²) in [4.78, 5) is 22.6. The number of methoxy groups -OCH3 is 1. The van der Waals surface area contributed by atoms with Crippen molar-refractivity contribution in [2.24, 2.45) is 16.8 Å². The third-order valence-electron chi connectivity index (χ3n) is 8.38. The van der Waals surface area contributed by atoms with Crippen molar-refractivity contribution >= 4 is 18.4 Å². The second-order valence-electron chi connectivity index (χ2n) is 11.0. The van der Waals surface area contributed by atoms with Crippen molar-refractivity contribution in [2.45, 2.75) is 69.5 Å². The van der Waals surface area contributed by atoms with E-state index in [0.29, 0.717) is 18.3 Å². The zero-order valence-electron chi connectivity index (χ0n) is 23.2. The van der Waals surface area contributed by atoms with Gasteiger partial charge in [-0.25, -0.2) is 9.18 Å². The molecule has 0 bridgehead atoms. The Bertz CT molecular complexity index is 1110. The van der Waals surface area contributed by atoms with Crippen molar-refractivity contribution < 1.29 is 13.9 Å². The molecule has 1 aliphatic carbocycles. The summed E-state index contributed by atoms with van der Waals surface area (Å²) in [7, 11) is 5.63. The number of aliphatic imine (C=N–C) groups is 1. The molecule has 3 atom stereocenters. The molecule has 0 aromatic heterocycles. The Labute approximate surface area is 227 Å². The molecule has 0 spiro atoms. The van der Waals surface area contributed by atoms with Gasteiger partial charge >= 0.3 is 5.97 Å². The fourth-order valence-corrected chi connectivity index (χ4v) is 6.64. The van der Waals surface area contributed by atoms with Crippen LogP contribution in [0.1, 0.15) is 69.0 Å². The molecule has 0 N–H and O–H groups in total. The smallest absolute Gasteiger partial charge is 0.336 e. The largest absolute Gasteiger partial charge is 0.467 e. The zero-order chi connectivity index (χ0) is 27.1. The fourth-order valence-electron chi connectivity index (χ4n) is 6.64. The van der Waals surface area contributed by atoms with Crippen molar-refractivity contribution in [3.8, 4) is 0 Å². The molecule has 0 saturated heterocycles. The molecule has 2 aliphatic rings. The Morgan fingerprint density at radius 3 is 2.53 bits per heavy atom. The Morgan fingerprint density at radius 2 is 1.89 bits per heavy atom. The van der Waals surface area contributed by atoms with Crippen molar-refractivity contribution in [2.75, 3.05) is 21.2 Å². The molecule has 0 radical (unpaired) electrons. The second kappa shape index (κ2) is 12.7. The molecule has 4 rings (SSSR count). The van der Waals surface area contributed by atoms with E-state index < -0.39 is 5.54 Å². The van der Waals surface area contributed by atoms with Crippen LogP contribution in [0.3, 0.4) is 0 Å². The molecular weight excluding hydrogens is 477 g/mol. The van der Waals surface area contributed by atoms with Crippen LogP contribution in [0.15, 0.2) is 65.8 Å². The van der Waals surface area contributed by atoms with Gasteiger partial charge in [0.2, 0.25) is 0 Å². The van der Waals surface area contributed by atoms with E-state index in [4.69, 9.17) is 9.73 Å². The first-order valence-corrected chi connectivity index (χ1v) is 14.0. The first kappa shape index (κ1) is 28.0. The van der Waals surface area contributed by atoms with Crippen LogP contribution in [0.4, 0.5) is 4.39 Å². The number of carbonyl (C=O) groups is 1. The van der Waals surface area contributed by atoms with Crippen LogP contribution in [0.2, 0.25) is 0 Å². The number of hydrogen-bond acceptors (Lipinski definition) is 5. The molecule has 1 aliphatic heterocycles. The van der Waals surface area contributed by atoms with Gasteiger partial charge in [-0.05, 0) is 87.4 Å². The number of carbonyl (C=O) groups excluding carboxylic acids is 1. The van der Waals surface area contributed by atoms with Gasteiger partial charge in [0.1, 0.15) is 5.82 Å². The lowest BCUT2D eigenvalue weighted by molar-refractivity contribution is -0.149. The molecule has 0 amide bonds. The van der Waals surface area contributed by atoms with Crippen molar-refractivity contribution in [3.63, 3.8) is 0 Å². The van der Waals surface area contributed by atoms with Crippen LogP contribution in [0.5, 0.6) is 0 Å². The molecule has 6 heteroatoms. The molecule has 3 unspecified atom stereocenters. The Kier molecular flexibility index (Phi) is 9.37. The van der Waals surface area contributed by atoms with Crippen LogP contribution in [-0.2, 0) is 9.53 Å². The number of esters is 1. The molecule has 1 fully saturated rings. The number of nitrogens with zero attached hydrogens (tertiary/aromatic N) is 3. The number of rotatable bonds is 10. The number of unbranched alkanes of at least 4 members (excludes halogenated alkanes) is 1. The summed E-state index contributed by atoms with van der Waals surface area (Å²) < 4.78 is 19.5. The molecule has 38 heavy (non-hydrogen) atoms. The topological polar surface area (TPSA) is 45.1 Å². The molecule has 5 nitrogen and oxygen atoms in total. The molecular formula is C32H42FN3O2. The van der Waals surface area contributed by atoms with Gasteiger partial charge in [-0.15, -0.1) is 0 Å². The van der Waals surface area contributed by atoms with Gasteiger partial charge < -0.3 is 14.5 Å². The summed E-state index contributed by atoms with van der Waals surface area (Å²) in [5.41, 5.74) is 1.24. The maximum absolute atomic E-state index is 14.1. The average Bonchev–Trinajstić information content (AvgIpc) is 3.30. The van der Waals surface area contributed by atoms with Gasteiger partial charge in [-0.2, -0.15) is 0 Å². The Hall–Kier alpha value is -2.99. The van der Waals surface area contributed by atoms with E-state index in [9.17, 15) is 9.18 Å². The standard InChI is InChI=1S/C32H42FN3O2/c1-5-6-20-32(31(37)38-4)30(36(23-34-32)21-19-24-11-8-7-9-12-24)26-17-15-25(16-18-26)29(35(2)3)27-13-10-14-28(33)22-27/h7-14,19,21-23,25-26,29-30H,5-6,15-18,20H2,1-4H3. The van der Waals surface area contributed by atoms with E-state index in [1.54, 1.807) is 12.1 Å². The summed E-state index contributed by atoms with van der Waals surface area (Å²) in [5.74, 6) is 0.281. The Balaban J connectivity index is 1.59. The highest BCUT2D eigenvalue weighted by molar-refractivity contribution is 5.87. The van der Waals surface area contributed by atoms with Crippen molar-refractivity contribution in [3.05, 3.63) is 77.7 Å². The highest BCUT2D eigenvalue weighted by Crippen LogP contribution is 2.46. The molecule has 1 heterocycles. The lowest BCUT2D eigenvalue weighted by atomic mass is 9.69. The van der Waals surface area contributed by atoms with E-state index in [0.717, 1.165) is 49.7 Å². The fraction of sp³-hybridized carbons (Fsp3) is 0.500. The minimum atomic E-state index is -0.896. The normalized spacial score (nSPS) is 26.3. The SMILES string of the molecule is CCCCC1(C(=O)OC)N=CN(C=Cc2ccccc2)C1C1CCC(C(c2cccc(F)c2)N(C)C)CC1. The summed E-state index contributed by atoms with van der Waals surface area (Å²) in [5, 5.41) is 0. The average molecular weight is 520 g/mol. The first-order chi connectivity index (χ1) is 18.4. The summed E-state index contributed by atoms with van der Waals surface area (Å²) in [6, 6.07) is 17.3. The van der Waals surface area contributed by atoms with E-state index >= 15 is 0 Å². The maximum Gasteiger partial charge on any atom is 0.336 e. The van der Waals surface area contributed by atoms with Crippen LogP contribution >= 0.6 is 0 Å². The van der Waals surface area contributed by atoms with Gasteiger partial charge in [0.25, 0.3) is 0 Å². The molecule has 2 aromatic rings. The zero-order valence-corrected chi connectivity index (χ0v) is 23.2. The molecule has 2 aromatic carbocycles. The monoisotopic (exact) mass is 519 g/mol. The van der Waals surface area contributed by atoms with Gasteiger partial charge in [0, 0.05) is 12.2 Å². The highest BCUT2D eigenvalue weighted by atomic mass is 19.1. The predicted molar refractivity (Wildman–Crippen MR) is 152 cm³/mol. The lowest BCUT2D eigenvalue weighted by Gasteiger charge is -2.44. The van der Waals surface area contributed by atoms with Crippen LogP contribution in [0, 0.1) is 17.7 Å². The van der Waals surface area contributed by atoms with Crippen molar-refractivity contribution in [1.29, 1.82) is 0 Å². The van der Waals surface area contributed by atoms with Gasteiger partial charge in [-0.3, -0.25) is 4.99 Å². The highest BCUT2D eigenvalue weighted by Gasteiger charge is 2.54. The van der Waals surface area contributed by atoms with Crippen LogP contribution in [0.25, 0.3) is 6.08 Å². The minimum Gasteiger partial charge on any atom is -0.467 e. The van der Waals surface area contributed by atoms with Crippen LogP contribution in [-0.4, -0.2) is 54.9 Å². The maximum atomic E-state index is 14.1. The molecule has 1 saturated carbocycles. The number of benzene rings is 2. The summed E-state index contributed by atoms with van der Waals surface area (Å²) >= 11 is 0. The Morgan fingerprint density at radius 1 is 1.16 bits per heavy atom. The number of ether oxygens (including phenoxy) is 1. The van der Waals surface area contributed by atoms with Crippen LogP contribution < -0.4 is 0 Å². The van der Waals surface area contributed by atoms with Gasteiger partial charge in [0.05, 0.1) is 19.5 Å². The predicted octanol–water partition coefficient (Wildman–Crippen LogP) is 6.72. The van der Waals surface area contributed by atoms with E-state index in [-0.39, 0.29) is 23.9 Å². The number of hydrogen-bond donors (Lipinski definition) is 0. The molecule has 204 valence electrons. The van der Waals surface area contributed by atoms with Gasteiger partial charge in [0.15, 0.2) is 5.54 Å². The summed E-state index contributed by atoms with van der Waals surface area (Å²) in [6.45, 7) is 2.14. The van der Waals surface area contributed by atoms with E-state index in [1.165, 1.54) is 13.2 Å². The second-order valence-corrected chi connectivity index (χ2v) is 11.0. The number of halogens is 1. The summed E-state index contributed by atoms with van der Waals surface area (Å²) in [6.07, 6.45) is 12.6. The lowest BCUT2D eigenvalue weighted by Crippen LogP contribution is -2.55.